The van der Waals surface area contributed by atoms with Gasteiger partial charge in [-0.2, -0.15) is 0 Å². The van der Waals surface area contributed by atoms with E-state index in [1.54, 1.807) is 18.2 Å². The summed E-state index contributed by atoms with van der Waals surface area (Å²) in [4.78, 5) is 17.9. The third-order valence-corrected chi connectivity index (χ3v) is 3.48. The van der Waals surface area contributed by atoms with E-state index in [9.17, 15) is 9.67 Å². The third kappa shape index (κ3) is 3.59. The van der Waals surface area contributed by atoms with E-state index in [-0.39, 0.29) is 11.3 Å². The van der Waals surface area contributed by atoms with Crippen molar-refractivity contribution in [1.29, 1.82) is 0 Å². The minimum Gasteiger partial charge on any atom is -0.508 e. The lowest BCUT2D eigenvalue weighted by molar-refractivity contribution is 0.205. The van der Waals surface area contributed by atoms with Crippen molar-refractivity contribution < 1.29 is 29.3 Å². The lowest BCUT2D eigenvalue weighted by Gasteiger charge is -2.14. The molecule has 6 nitrogen and oxygen atoms in total. The summed E-state index contributed by atoms with van der Waals surface area (Å²) in [5.41, 5.74) is 0.0645. The average Bonchev–Trinajstić information content (AvgIpc) is 2.40. The molecular formula is C13H13O6P. The summed E-state index contributed by atoms with van der Waals surface area (Å²) in [7, 11) is -4.62. The molecule has 4 N–H and O–H groups in total. The van der Waals surface area contributed by atoms with Crippen LogP contribution in [0.25, 0.3) is 0 Å². The molecule has 7 heteroatoms. The lowest BCUT2D eigenvalue weighted by atomic mass is 10.2. The minimum atomic E-state index is -4.62. The maximum atomic E-state index is 11.0. The van der Waals surface area contributed by atoms with Crippen LogP contribution in [0.1, 0.15) is 11.4 Å². The van der Waals surface area contributed by atoms with E-state index in [1.807, 2.05) is 0 Å². The van der Waals surface area contributed by atoms with Crippen LogP contribution < -0.4 is 4.74 Å². The summed E-state index contributed by atoms with van der Waals surface area (Å²) in [5, 5.41) is 18.7. The molecule has 0 aliphatic rings. The number of phenols is 1. The van der Waals surface area contributed by atoms with Gasteiger partial charge in [-0.3, -0.25) is 4.57 Å². The molecule has 1 unspecified atom stereocenters. The number of phenolic OH excluding ortho intramolecular Hbond substituents is 1. The fraction of sp³-hybridized carbons (Fsp3) is 0.0769. The molecule has 0 radical (unpaired) electrons. The molecule has 1 atom stereocenters. The average molecular weight is 296 g/mol. The van der Waals surface area contributed by atoms with Gasteiger partial charge < -0.3 is 24.7 Å². The van der Waals surface area contributed by atoms with E-state index < -0.39 is 13.4 Å². The van der Waals surface area contributed by atoms with Crippen LogP contribution in [0.3, 0.4) is 0 Å². The summed E-state index contributed by atoms with van der Waals surface area (Å²) < 4.78 is 16.5. The highest BCUT2D eigenvalue weighted by atomic mass is 31.2. The second-order valence-corrected chi connectivity index (χ2v) is 5.80. The molecule has 0 aliphatic heterocycles. The number of aliphatic hydroxyl groups is 1. The summed E-state index contributed by atoms with van der Waals surface area (Å²) in [6.07, 6.45) is 0. The maximum Gasteiger partial charge on any atom is 0.358 e. The Morgan fingerprint density at radius 2 is 1.65 bits per heavy atom. The van der Waals surface area contributed by atoms with Crippen LogP contribution >= 0.6 is 7.60 Å². The largest absolute Gasteiger partial charge is 0.508 e. The fourth-order valence-electron chi connectivity index (χ4n) is 1.58. The van der Waals surface area contributed by atoms with Crippen LogP contribution in [0.5, 0.6) is 17.2 Å². The number of benzene rings is 2. The standard InChI is InChI=1S/C13H13O6P/c14-10-4-6-11(7-5-10)19-12-3-1-2-9(8-12)13(15)20(16,17)18/h1-8,13-15H,(H2,16,17,18). The van der Waals surface area contributed by atoms with Crippen LogP contribution in [0.2, 0.25) is 0 Å². The molecule has 20 heavy (non-hydrogen) atoms. The van der Waals surface area contributed by atoms with Gasteiger partial charge in [0, 0.05) is 0 Å². The molecule has 0 fully saturated rings. The van der Waals surface area contributed by atoms with Crippen LogP contribution in [0.4, 0.5) is 0 Å². The quantitative estimate of drug-likeness (QED) is 0.645. The van der Waals surface area contributed by atoms with Crippen molar-refractivity contribution >= 4 is 7.60 Å². The molecular weight excluding hydrogens is 283 g/mol. The van der Waals surface area contributed by atoms with Gasteiger partial charge in [0.05, 0.1) is 0 Å². The first-order chi connectivity index (χ1) is 9.36. The Morgan fingerprint density at radius 3 is 2.25 bits per heavy atom. The van der Waals surface area contributed by atoms with Gasteiger partial charge >= 0.3 is 7.60 Å². The van der Waals surface area contributed by atoms with E-state index in [0.717, 1.165) is 0 Å². The summed E-state index contributed by atoms with van der Waals surface area (Å²) in [5.74, 6) is -1.01. The molecule has 0 heterocycles. The first kappa shape index (κ1) is 14.6. The topological polar surface area (TPSA) is 107 Å². The van der Waals surface area contributed by atoms with Crippen molar-refractivity contribution in [3.63, 3.8) is 0 Å². The summed E-state index contributed by atoms with van der Waals surface area (Å²) in [6, 6.07) is 11.8. The highest BCUT2D eigenvalue weighted by Crippen LogP contribution is 2.50. The first-order valence-corrected chi connectivity index (χ1v) is 7.34. The number of hydrogen-bond acceptors (Lipinski definition) is 4. The molecule has 0 spiro atoms. The number of aromatic hydroxyl groups is 1. The van der Waals surface area contributed by atoms with Gasteiger partial charge in [0.15, 0.2) is 5.85 Å². The molecule has 0 aromatic heterocycles. The zero-order chi connectivity index (χ0) is 14.8. The van der Waals surface area contributed by atoms with Gasteiger partial charge in [0.25, 0.3) is 0 Å². The highest BCUT2D eigenvalue weighted by molar-refractivity contribution is 7.51. The lowest BCUT2D eigenvalue weighted by Crippen LogP contribution is -1.98. The normalized spacial score (nSPS) is 12.9. The van der Waals surface area contributed by atoms with Crippen LogP contribution in [0.15, 0.2) is 48.5 Å². The van der Waals surface area contributed by atoms with Crippen molar-refractivity contribution in [3.8, 4) is 17.2 Å². The predicted molar refractivity (Wildman–Crippen MR) is 71.6 cm³/mol. The molecule has 0 saturated heterocycles. The molecule has 2 aromatic rings. The van der Waals surface area contributed by atoms with Gasteiger partial charge in [0.1, 0.15) is 17.2 Å². The Kier molecular flexibility index (Phi) is 4.11. The van der Waals surface area contributed by atoms with Gasteiger partial charge in [-0.1, -0.05) is 12.1 Å². The van der Waals surface area contributed by atoms with Gasteiger partial charge in [-0.05, 0) is 42.0 Å². The maximum absolute atomic E-state index is 11.0. The number of ether oxygens (including phenoxy) is 1. The highest BCUT2D eigenvalue weighted by Gasteiger charge is 2.28. The predicted octanol–water partition coefficient (Wildman–Crippen LogP) is 2.35. The molecule has 2 aromatic carbocycles. The van der Waals surface area contributed by atoms with Crippen molar-refractivity contribution in [1.82, 2.24) is 0 Å². The number of hydrogen-bond donors (Lipinski definition) is 4. The Bertz CT molecular complexity index is 634. The van der Waals surface area contributed by atoms with E-state index >= 15 is 0 Å². The van der Waals surface area contributed by atoms with Crippen molar-refractivity contribution in [3.05, 3.63) is 54.1 Å². The smallest absolute Gasteiger partial charge is 0.358 e. The Labute approximate surface area is 115 Å². The van der Waals surface area contributed by atoms with Gasteiger partial charge in [-0.15, -0.1) is 0 Å². The first-order valence-electron chi connectivity index (χ1n) is 5.66. The van der Waals surface area contributed by atoms with E-state index in [1.165, 1.54) is 30.3 Å². The monoisotopic (exact) mass is 296 g/mol. The zero-order valence-electron chi connectivity index (χ0n) is 10.2. The Morgan fingerprint density at radius 1 is 1.00 bits per heavy atom. The molecule has 0 bridgehead atoms. The fourth-order valence-corrected chi connectivity index (χ4v) is 2.13. The molecule has 2 rings (SSSR count). The number of aliphatic hydroxyl groups excluding tert-OH is 1. The Balaban J connectivity index is 2.22. The minimum absolute atomic E-state index is 0.0645. The van der Waals surface area contributed by atoms with E-state index in [4.69, 9.17) is 19.6 Å². The summed E-state index contributed by atoms with van der Waals surface area (Å²) in [6.45, 7) is 0. The second kappa shape index (κ2) is 5.64. The third-order valence-electron chi connectivity index (χ3n) is 2.55. The molecule has 0 saturated carbocycles. The zero-order valence-corrected chi connectivity index (χ0v) is 11.1. The molecule has 0 amide bonds. The van der Waals surface area contributed by atoms with Gasteiger partial charge in [-0.25, -0.2) is 0 Å². The molecule has 106 valence electrons. The van der Waals surface area contributed by atoms with E-state index in [0.29, 0.717) is 11.5 Å². The summed E-state index contributed by atoms with van der Waals surface area (Å²) >= 11 is 0. The van der Waals surface area contributed by atoms with Crippen molar-refractivity contribution in [2.45, 2.75) is 5.85 Å². The van der Waals surface area contributed by atoms with Crippen molar-refractivity contribution in [2.24, 2.45) is 0 Å². The van der Waals surface area contributed by atoms with Crippen LogP contribution in [0, 0.1) is 0 Å². The second-order valence-electron chi connectivity index (χ2n) is 4.13. The Hall–Kier alpha value is -1.85. The van der Waals surface area contributed by atoms with Gasteiger partial charge in [0.2, 0.25) is 0 Å². The SMILES string of the molecule is O=P(O)(O)C(O)c1cccc(Oc2ccc(O)cc2)c1. The molecule has 0 aliphatic carbocycles. The van der Waals surface area contributed by atoms with E-state index in [2.05, 4.69) is 0 Å². The number of rotatable bonds is 4. The van der Waals surface area contributed by atoms with Crippen LogP contribution in [-0.4, -0.2) is 20.0 Å². The van der Waals surface area contributed by atoms with Crippen LogP contribution in [-0.2, 0) is 4.57 Å². The van der Waals surface area contributed by atoms with Crippen molar-refractivity contribution in [2.75, 3.05) is 0 Å².